The quantitative estimate of drug-likeness (QED) is 0.686. The van der Waals surface area contributed by atoms with Crippen LogP contribution in [-0.4, -0.2) is 24.0 Å². The molecular formula is C13H12ClF2NO3. The summed E-state index contributed by atoms with van der Waals surface area (Å²) in [5, 5.41) is 2.39. The van der Waals surface area contributed by atoms with E-state index < -0.39 is 29.6 Å². The number of hydrogen-bond donors (Lipinski definition) is 1. The van der Waals surface area contributed by atoms with Crippen molar-refractivity contribution < 1.29 is 23.1 Å². The number of ether oxygens (including phenoxy) is 1. The molecule has 20 heavy (non-hydrogen) atoms. The highest BCUT2D eigenvalue weighted by molar-refractivity contribution is 6.33. The standard InChI is InChI=1S/C13H12ClF2NO3/c1-6(12(18)17-7-2-3-7)20-13(19)8-4-10(15)11(16)5-9(8)14/h4-7H,2-3H2,1H3,(H,17,18)/t6-/m1/s1. The molecule has 0 spiro atoms. The highest BCUT2D eigenvalue weighted by Crippen LogP contribution is 2.22. The highest BCUT2D eigenvalue weighted by Gasteiger charge is 2.28. The number of benzene rings is 1. The van der Waals surface area contributed by atoms with E-state index in [4.69, 9.17) is 16.3 Å². The molecule has 0 saturated heterocycles. The predicted molar refractivity (Wildman–Crippen MR) is 67.4 cm³/mol. The summed E-state index contributed by atoms with van der Waals surface area (Å²) >= 11 is 5.65. The Morgan fingerprint density at radius 3 is 2.55 bits per heavy atom. The monoisotopic (exact) mass is 303 g/mol. The van der Waals surface area contributed by atoms with Crippen molar-refractivity contribution in [2.24, 2.45) is 0 Å². The topological polar surface area (TPSA) is 55.4 Å². The summed E-state index contributed by atoms with van der Waals surface area (Å²) < 4.78 is 30.8. The Bertz CT molecular complexity index is 561. The molecule has 1 aliphatic carbocycles. The summed E-state index contributed by atoms with van der Waals surface area (Å²) in [6.45, 7) is 1.39. The van der Waals surface area contributed by atoms with Crippen LogP contribution in [0, 0.1) is 11.6 Å². The van der Waals surface area contributed by atoms with Gasteiger partial charge in [0, 0.05) is 6.04 Å². The van der Waals surface area contributed by atoms with E-state index in [1.165, 1.54) is 6.92 Å². The molecule has 1 amide bonds. The molecule has 1 aromatic carbocycles. The fourth-order valence-electron chi connectivity index (χ4n) is 1.50. The van der Waals surface area contributed by atoms with E-state index in [1.54, 1.807) is 0 Å². The molecule has 4 nitrogen and oxygen atoms in total. The van der Waals surface area contributed by atoms with Crippen molar-refractivity contribution in [3.63, 3.8) is 0 Å². The van der Waals surface area contributed by atoms with Gasteiger partial charge in [0.05, 0.1) is 10.6 Å². The van der Waals surface area contributed by atoms with Crippen LogP contribution >= 0.6 is 11.6 Å². The molecule has 1 N–H and O–H groups in total. The second-order valence-electron chi connectivity index (χ2n) is 4.58. The van der Waals surface area contributed by atoms with E-state index in [-0.39, 0.29) is 16.6 Å². The lowest BCUT2D eigenvalue weighted by Gasteiger charge is -2.13. The third-order valence-corrected chi connectivity index (χ3v) is 3.12. The second-order valence-corrected chi connectivity index (χ2v) is 4.98. The van der Waals surface area contributed by atoms with Crippen LogP contribution in [0.2, 0.25) is 5.02 Å². The third kappa shape index (κ3) is 3.45. The van der Waals surface area contributed by atoms with Gasteiger partial charge in [-0.2, -0.15) is 0 Å². The Morgan fingerprint density at radius 2 is 1.95 bits per heavy atom. The van der Waals surface area contributed by atoms with Crippen LogP contribution in [0.4, 0.5) is 8.78 Å². The maximum absolute atomic E-state index is 13.1. The summed E-state index contributed by atoms with van der Waals surface area (Å²) in [7, 11) is 0. The molecule has 1 fully saturated rings. The number of esters is 1. The highest BCUT2D eigenvalue weighted by atomic mass is 35.5. The maximum Gasteiger partial charge on any atom is 0.340 e. The lowest BCUT2D eigenvalue weighted by atomic mass is 10.2. The predicted octanol–water partition coefficient (Wildman–Crippen LogP) is 2.44. The Kier molecular flexibility index (Phi) is 4.23. The number of rotatable bonds is 4. The molecule has 108 valence electrons. The average molecular weight is 304 g/mol. The van der Waals surface area contributed by atoms with Crippen molar-refractivity contribution in [1.82, 2.24) is 5.32 Å². The van der Waals surface area contributed by atoms with Crippen molar-refractivity contribution in [3.05, 3.63) is 34.4 Å². The molecule has 1 atom stereocenters. The van der Waals surface area contributed by atoms with Gasteiger partial charge >= 0.3 is 5.97 Å². The minimum absolute atomic E-state index is 0.135. The van der Waals surface area contributed by atoms with Crippen molar-refractivity contribution >= 4 is 23.5 Å². The third-order valence-electron chi connectivity index (χ3n) is 2.81. The molecule has 0 heterocycles. The number of halogens is 3. The molecule has 7 heteroatoms. The molecule has 2 rings (SSSR count). The van der Waals surface area contributed by atoms with Crippen molar-refractivity contribution in [3.8, 4) is 0 Å². The number of carbonyl (C=O) groups is 2. The molecule has 1 aliphatic rings. The number of hydrogen-bond acceptors (Lipinski definition) is 3. The van der Waals surface area contributed by atoms with Gasteiger partial charge in [0.2, 0.25) is 0 Å². The lowest BCUT2D eigenvalue weighted by Crippen LogP contribution is -2.37. The summed E-state index contributed by atoms with van der Waals surface area (Å²) in [6, 6.07) is 1.46. The summed E-state index contributed by atoms with van der Waals surface area (Å²) in [6.07, 6.45) is 0.773. The van der Waals surface area contributed by atoms with Crippen LogP contribution in [0.1, 0.15) is 30.1 Å². The largest absolute Gasteiger partial charge is 0.449 e. The number of amides is 1. The van der Waals surface area contributed by atoms with E-state index in [2.05, 4.69) is 5.32 Å². The van der Waals surface area contributed by atoms with E-state index in [0.29, 0.717) is 12.1 Å². The Morgan fingerprint density at radius 1 is 1.35 bits per heavy atom. The maximum atomic E-state index is 13.1. The van der Waals surface area contributed by atoms with Crippen LogP contribution in [0.5, 0.6) is 0 Å². The zero-order valence-corrected chi connectivity index (χ0v) is 11.3. The van der Waals surface area contributed by atoms with Gasteiger partial charge in [0.15, 0.2) is 17.7 Å². The Hall–Kier alpha value is -1.69. The molecule has 1 aromatic rings. The van der Waals surface area contributed by atoms with Gasteiger partial charge < -0.3 is 10.1 Å². The van der Waals surface area contributed by atoms with Crippen molar-refractivity contribution in [2.45, 2.75) is 31.9 Å². The Balaban J connectivity index is 2.03. The fraction of sp³-hybridized carbons (Fsp3) is 0.385. The normalized spacial score (nSPS) is 15.6. The minimum atomic E-state index is -1.21. The van der Waals surface area contributed by atoms with Gasteiger partial charge in [-0.25, -0.2) is 13.6 Å². The van der Waals surface area contributed by atoms with Gasteiger partial charge in [-0.15, -0.1) is 0 Å². The zero-order chi connectivity index (χ0) is 14.9. The average Bonchev–Trinajstić information content (AvgIpc) is 3.17. The molecule has 0 unspecified atom stereocenters. The summed E-state index contributed by atoms with van der Waals surface area (Å²) in [5.41, 5.74) is -0.323. The summed E-state index contributed by atoms with van der Waals surface area (Å²) in [5.74, 6) is -3.78. The lowest BCUT2D eigenvalue weighted by molar-refractivity contribution is -0.129. The first kappa shape index (κ1) is 14.7. The van der Waals surface area contributed by atoms with E-state index >= 15 is 0 Å². The minimum Gasteiger partial charge on any atom is -0.449 e. The van der Waals surface area contributed by atoms with Crippen LogP contribution in [0.25, 0.3) is 0 Å². The van der Waals surface area contributed by atoms with Gasteiger partial charge in [-0.05, 0) is 31.9 Å². The first-order valence-corrected chi connectivity index (χ1v) is 6.42. The van der Waals surface area contributed by atoms with E-state index in [0.717, 1.165) is 12.8 Å². The smallest absolute Gasteiger partial charge is 0.340 e. The molecule has 1 saturated carbocycles. The van der Waals surface area contributed by atoms with E-state index in [1.807, 2.05) is 0 Å². The molecule has 0 bridgehead atoms. The van der Waals surface area contributed by atoms with Crippen molar-refractivity contribution in [2.75, 3.05) is 0 Å². The first-order chi connectivity index (χ1) is 9.38. The van der Waals surface area contributed by atoms with Crippen LogP contribution < -0.4 is 5.32 Å². The number of nitrogens with one attached hydrogen (secondary N) is 1. The zero-order valence-electron chi connectivity index (χ0n) is 10.6. The SMILES string of the molecule is C[C@@H](OC(=O)c1cc(F)c(F)cc1Cl)C(=O)NC1CC1. The van der Waals surface area contributed by atoms with Crippen LogP contribution in [-0.2, 0) is 9.53 Å². The Labute approximate surface area is 119 Å². The van der Waals surface area contributed by atoms with Gasteiger partial charge in [-0.1, -0.05) is 11.6 Å². The van der Waals surface area contributed by atoms with Crippen molar-refractivity contribution in [1.29, 1.82) is 0 Å². The van der Waals surface area contributed by atoms with Gasteiger partial charge in [-0.3, -0.25) is 4.79 Å². The van der Waals surface area contributed by atoms with E-state index in [9.17, 15) is 18.4 Å². The van der Waals surface area contributed by atoms with Gasteiger partial charge in [0.1, 0.15) is 0 Å². The fourth-order valence-corrected chi connectivity index (χ4v) is 1.73. The van der Waals surface area contributed by atoms with Gasteiger partial charge in [0.25, 0.3) is 5.91 Å². The van der Waals surface area contributed by atoms with Crippen LogP contribution in [0.15, 0.2) is 12.1 Å². The number of carbonyl (C=O) groups excluding carboxylic acids is 2. The molecule has 0 aliphatic heterocycles. The van der Waals surface area contributed by atoms with Crippen LogP contribution in [0.3, 0.4) is 0 Å². The molecule has 0 radical (unpaired) electrons. The summed E-state index contributed by atoms with van der Waals surface area (Å²) in [4.78, 5) is 23.4. The second kappa shape index (κ2) is 5.75. The molecular weight excluding hydrogens is 292 g/mol. The molecule has 0 aromatic heterocycles. The first-order valence-electron chi connectivity index (χ1n) is 6.04.